The van der Waals surface area contributed by atoms with E-state index in [1.807, 2.05) is 0 Å². The van der Waals surface area contributed by atoms with Crippen molar-refractivity contribution in [3.8, 4) is 0 Å². The molecule has 0 aliphatic carbocycles. The van der Waals surface area contributed by atoms with Gasteiger partial charge >= 0.3 is 11.9 Å². The van der Waals surface area contributed by atoms with Crippen LogP contribution in [0.25, 0.3) is 0 Å². The van der Waals surface area contributed by atoms with Crippen molar-refractivity contribution in [3.63, 3.8) is 0 Å². The Morgan fingerprint density at radius 1 is 1.00 bits per heavy atom. The summed E-state index contributed by atoms with van der Waals surface area (Å²) in [5, 5.41) is -0.0304. The lowest BCUT2D eigenvalue weighted by Crippen LogP contribution is -2.13. The van der Waals surface area contributed by atoms with Crippen LogP contribution >= 0.6 is 23.2 Å². The fourth-order valence-electron chi connectivity index (χ4n) is 2.65. The molecule has 2 atom stereocenters. The van der Waals surface area contributed by atoms with E-state index >= 15 is 0 Å². The molecule has 1 fully saturated rings. The second kappa shape index (κ2) is 11.3. The third kappa shape index (κ3) is 8.67. The zero-order valence-corrected chi connectivity index (χ0v) is 14.1. The number of ether oxygens (including phenoxy) is 1. The van der Waals surface area contributed by atoms with Crippen LogP contribution in [0.4, 0.5) is 0 Å². The Bertz CT molecular complexity index is 321. The first-order chi connectivity index (χ1) is 10.1. The maximum Gasteiger partial charge on any atom is 0.317 e. The van der Waals surface area contributed by atoms with Crippen molar-refractivity contribution < 1.29 is 14.3 Å². The van der Waals surface area contributed by atoms with E-state index in [-0.39, 0.29) is 17.7 Å². The molecule has 0 radical (unpaired) electrons. The van der Waals surface area contributed by atoms with Gasteiger partial charge in [0.15, 0.2) is 0 Å². The van der Waals surface area contributed by atoms with Gasteiger partial charge in [0.2, 0.25) is 0 Å². The zero-order chi connectivity index (χ0) is 15.5. The summed E-state index contributed by atoms with van der Waals surface area (Å²) in [7, 11) is 0. The van der Waals surface area contributed by atoms with E-state index in [0.29, 0.717) is 6.42 Å². The summed E-state index contributed by atoms with van der Waals surface area (Å²) in [5.41, 5.74) is 0. The van der Waals surface area contributed by atoms with Crippen LogP contribution in [0.15, 0.2) is 0 Å². The Morgan fingerprint density at radius 2 is 1.57 bits per heavy atom. The van der Waals surface area contributed by atoms with Gasteiger partial charge in [-0.1, -0.05) is 44.9 Å². The summed E-state index contributed by atoms with van der Waals surface area (Å²) in [6.07, 6.45) is 11.4. The summed E-state index contributed by atoms with van der Waals surface area (Å²) in [5.74, 6) is -0.357. The van der Waals surface area contributed by atoms with Crippen LogP contribution in [0.1, 0.15) is 70.6 Å². The summed E-state index contributed by atoms with van der Waals surface area (Å²) in [6.45, 7) is 0. The fraction of sp³-hybridized carbons (Fsp3) is 0.875. The molecule has 5 heteroatoms. The molecule has 0 aromatic heterocycles. The number of hydrogen-bond acceptors (Lipinski definition) is 3. The molecule has 1 heterocycles. The van der Waals surface area contributed by atoms with Crippen molar-refractivity contribution in [1.29, 1.82) is 0 Å². The van der Waals surface area contributed by atoms with Gasteiger partial charge in [0.05, 0.1) is 12.3 Å². The molecule has 3 nitrogen and oxygen atoms in total. The first-order valence-electron chi connectivity index (χ1n) is 8.08. The van der Waals surface area contributed by atoms with E-state index in [1.165, 1.54) is 38.5 Å². The van der Waals surface area contributed by atoms with Crippen LogP contribution in [0.2, 0.25) is 0 Å². The Balaban J connectivity index is 1.93. The molecule has 0 aromatic carbocycles. The molecule has 0 saturated carbocycles. The minimum Gasteiger partial charge on any atom is -0.393 e. The monoisotopic (exact) mass is 336 g/mol. The van der Waals surface area contributed by atoms with E-state index in [1.54, 1.807) is 0 Å². The molecule has 0 bridgehead atoms. The van der Waals surface area contributed by atoms with Gasteiger partial charge in [-0.15, -0.1) is 23.2 Å². The number of cyclic esters (lactones) is 2. The molecule has 2 unspecified atom stereocenters. The number of esters is 2. The average molecular weight is 337 g/mol. The molecule has 1 aliphatic rings. The van der Waals surface area contributed by atoms with E-state index in [4.69, 9.17) is 23.2 Å². The molecule has 1 saturated heterocycles. The Hall–Kier alpha value is -0.280. The molecule has 1 rings (SSSR count). The second-order valence-corrected chi connectivity index (χ2v) is 6.83. The van der Waals surface area contributed by atoms with Crippen molar-refractivity contribution >= 4 is 35.1 Å². The number of carbonyl (C=O) groups excluding carboxylic acids is 2. The van der Waals surface area contributed by atoms with Crippen molar-refractivity contribution in [1.82, 2.24) is 0 Å². The number of halogens is 2. The topological polar surface area (TPSA) is 43.4 Å². The summed E-state index contributed by atoms with van der Waals surface area (Å²) >= 11 is 11.9. The Labute approximate surface area is 137 Å². The highest BCUT2D eigenvalue weighted by molar-refractivity contribution is 6.20. The fourth-order valence-corrected chi connectivity index (χ4v) is 3.21. The third-order valence-electron chi connectivity index (χ3n) is 3.90. The predicted octanol–water partition coefficient (Wildman–Crippen LogP) is 4.82. The number of hydrogen-bond donors (Lipinski definition) is 0. The van der Waals surface area contributed by atoms with Crippen molar-refractivity contribution in [2.75, 3.05) is 5.88 Å². The average Bonchev–Trinajstić information content (AvgIpc) is 2.75. The first kappa shape index (κ1) is 18.8. The van der Waals surface area contributed by atoms with E-state index in [9.17, 15) is 9.59 Å². The first-order valence-corrected chi connectivity index (χ1v) is 9.05. The van der Waals surface area contributed by atoms with Crippen LogP contribution in [0.3, 0.4) is 0 Å². The highest BCUT2D eigenvalue weighted by atomic mass is 35.5. The van der Waals surface area contributed by atoms with E-state index < -0.39 is 11.9 Å². The minimum atomic E-state index is -0.414. The van der Waals surface area contributed by atoms with Crippen molar-refractivity contribution in [3.05, 3.63) is 0 Å². The predicted molar refractivity (Wildman–Crippen MR) is 85.7 cm³/mol. The number of carbonyl (C=O) groups is 2. The molecular formula is C16H26Cl2O3. The Kier molecular flexibility index (Phi) is 10.1. The molecule has 0 aromatic rings. The zero-order valence-electron chi connectivity index (χ0n) is 12.6. The van der Waals surface area contributed by atoms with Gasteiger partial charge in [-0.2, -0.15) is 0 Å². The highest BCUT2D eigenvalue weighted by Gasteiger charge is 2.34. The number of alkyl halides is 2. The maximum atomic E-state index is 11.3. The van der Waals surface area contributed by atoms with E-state index in [2.05, 4.69) is 4.74 Å². The highest BCUT2D eigenvalue weighted by Crippen LogP contribution is 2.25. The largest absolute Gasteiger partial charge is 0.393 e. The summed E-state index contributed by atoms with van der Waals surface area (Å²) in [6, 6.07) is 0. The summed E-state index contributed by atoms with van der Waals surface area (Å²) in [4.78, 5) is 22.3. The van der Waals surface area contributed by atoms with Crippen LogP contribution in [-0.2, 0) is 14.3 Å². The quantitative estimate of drug-likeness (QED) is 0.222. The SMILES string of the molecule is O=C1CC(CC(Cl)CCCCCCCCCCCl)C(=O)O1. The smallest absolute Gasteiger partial charge is 0.317 e. The van der Waals surface area contributed by atoms with Crippen LogP contribution in [-0.4, -0.2) is 23.2 Å². The van der Waals surface area contributed by atoms with Crippen LogP contribution in [0.5, 0.6) is 0 Å². The molecule has 0 N–H and O–H groups in total. The van der Waals surface area contributed by atoms with Crippen molar-refractivity contribution in [2.45, 2.75) is 76.0 Å². The van der Waals surface area contributed by atoms with Gasteiger partial charge < -0.3 is 4.74 Å². The molecular weight excluding hydrogens is 311 g/mol. The molecule has 1 aliphatic heterocycles. The molecule has 0 amide bonds. The molecule has 0 spiro atoms. The second-order valence-electron chi connectivity index (χ2n) is 5.83. The van der Waals surface area contributed by atoms with Gasteiger partial charge in [0.25, 0.3) is 0 Å². The number of unbranched alkanes of at least 4 members (excludes halogenated alkanes) is 7. The number of rotatable bonds is 12. The molecule has 122 valence electrons. The third-order valence-corrected chi connectivity index (χ3v) is 4.57. The van der Waals surface area contributed by atoms with Gasteiger partial charge in [-0.3, -0.25) is 9.59 Å². The van der Waals surface area contributed by atoms with Gasteiger partial charge in [-0.25, -0.2) is 0 Å². The normalized spacial score (nSPS) is 19.8. The Morgan fingerprint density at radius 3 is 2.10 bits per heavy atom. The van der Waals surface area contributed by atoms with Gasteiger partial charge in [-0.05, 0) is 19.3 Å². The summed E-state index contributed by atoms with van der Waals surface area (Å²) < 4.78 is 4.53. The standard InChI is InChI=1S/C16H26Cl2O3/c17-10-8-6-4-2-1-3-5-7-9-14(18)11-13-12-15(19)21-16(13)20/h13-14H,1-12H2. The van der Waals surface area contributed by atoms with Gasteiger partial charge in [0, 0.05) is 11.3 Å². The van der Waals surface area contributed by atoms with Crippen molar-refractivity contribution in [2.24, 2.45) is 5.92 Å². The lowest BCUT2D eigenvalue weighted by Gasteiger charge is -2.11. The lowest BCUT2D eigenvalue weighted by atomic mass is 9.98. The minimum absolute atomic E-state index is 0.0304. The maximum absolute atomic E-state index is 11.3. The van der Waals surface area contributed by atoms with Crippen LogP contribution in [0, 0.1) is 5.92 Å². The van der Waals surface area contributed by atoms with E-state index in [0.717, 1.165) is 25.1 Å². The van der Waals surface area contributed by atoms with Gasteiger partial charge in [0.1, 0.15) is 0 Å². The molecule has 21 heavy (non-hydrogen) atoms. The lowest BCUT2D eigenvalue weighted by molar-refractivity contribution is -0.153. The van der Waals surface area contributed by atoms with Crippen LogP contribution < -0.4 is 0 Å².